The number of phenols is 1. The quantitative estimate of drug-likeness (QED) is 0.811. The summed E-state index contributed by atoms with van der Waals surface area (Å²) in [6, 6.07) is 1.77. The minimum Gasteiger partial charge on any atom is -0.507 e. The summed E-state index contributed by atoms with van der Waals surface area (Å²) in [5.41, 5.74) is 5.57. The Labute approximate surface area is 85.1 Å². The van der Waals surface area contributed by atoms with Crippen LogP contribution in [0.25, 0.3) is 0 Å². The Balaban J connectivity index is 3.20. The normalized spacial score (nSPS) is 12.9. The third kappa shape index (κ3) is 2.24. The lowest BCUT2D eigenvalue weighted by Crippen LogP contribution is -2.12. The number of benzene rings is 1. The molecule has 5 heteroatoms. The van der Waals surface area contributed by atoms with Crippen molar-refractivity contribution in [1.29, 1.82) is 0 Å². The Kier molecular flexibility index (Phi) is 3.36. The number of aromatic hydroxyl groups is 1. The van der Waals surface area contributed by atoms with Gasteiger partial charge in [0.05, 0.1) is 11.1 Å². The molecule has 0 bridgehead atoms. The second-order valence-corrected chi connectivity index (χ2v) is 3.42. The molecule has 0 aliphatic carbocycles. The fourth-order valence-electron chi connectivity index (χ4n) is 1.02. The van der Waals surface area contributed by atoms with Crippen molar-refractivity contribution >= 4 is 23.2 Å². The number of alkyl halides is 1. The maximum Gasteiger partial charge on any atom is 0.123 e. The second kappa shape index (κ2) is 4.13. The third-order valence-corrected chi connectivity index (χ3v) is 2.14. The average Bonchev–Trinajstić information content (AvgIpc) is 2.02. The van der Waals surface area contributed by atoms with Crippen LogP contribution in [0.5, 0.6) is 5.75 Å². The predicted molar refractivity (Wildman–Crippen MR) is 51.0 cm³/mol. The van der Waals surface area contributed by atoms with Crippen LogP contribution in [0.1, 0.15) is 11.6 Å². The van der Waals surface area contributed by atoms with Gasteiger partial charge in [0.1, 0.15) is 12.4 Å². The van der Waals surface area contributed by atoms with E-state index in [1.165, 1.54) is 12.1 Å². The van der Waals surface area contributed by atoms with E-state index in [-0.39, 0.29) is 21.4 Å². The summed E-state index contributed by atoms with van der Waals surface area (Å²) in [4.78, 5) is 0. The highest BCUT2D eigenvalue weighted by molar-refractivity contribution is 6.35. The van der Waals surface area contributed by atoms with E-state index in [1.807, 2.05) is 0 Å². The molecule has 0 aliphatic rings. The molecule has 0 aliphatic heterocycles. The van der Waals surface area contributed by atoms with E-state index < -0.39 is 12.7 Å². The highest BCUT2D eigenvalue weighted by atomic mass is 35.5. The van der Waals surface area contributed by atoms with Gasteiger partial charge < -0.3 is 10.8 Å². The summed E-state index contributed by atoms with van der Waals surface area (Å²) in [5, 5.41) is 9.82. The zero-order valence-corrected chi connectivity index (χ0v) is 8.11. The molecule has 0 aromatic heterocycles. The first kappa shape index (κ1) is 10.6. The summed E-state index contributed by atoms with van der Waals surface area (Å²) in [6.07, 6.45) is 0. The van der Waals surface area contributed by atoms with Crippen LogP contribution in [0.4, 0.5) is 4.39 Å². The van der Waals surface area contributed by atoms with E-state index >= 15 is 0 Å². The second-order valence-electron chi connectivity index (χ2n) is 2.58. The van der Waals surface area contributed by atoms with Crippen molar-refractivity contribution in [2.75, 3.05) is 6.67 Å². The minimum absolute atomic E-state index is 0.176. The van der Waals surface area contributed by atoms with Crippen molar-refractivity contribution in [3.05, 3.63) is 27.7 Å². The maximum atomic E-state index is 12.2. The predicted octanol–water partition coefficient (Wildman–Crippen LogP) is 2.67. The number of halogens is 3. The molecule has 0 saturated carbocycles. The summed E-state index contributed by atoms with van der Waals surface area (Å²) in [6.45, 7) is -0.783. The Morgan fingerprint density at radius 2 is 2.08 bits per heavy atom. The van der Waals surface area contributed by atoms with Gasteiger partial charge in [-0.05, 0) is 12.1 Å². The molecule has 3 N–H and O–H groups in total. The number of phenolic OH excluding ortho intramolecular Hbond substituents is 1. The van der Waals surface area contributed by atoms with Crippen molar-refractivity contribution in [2.24, 2.45) is 5.73 Å². The van der Waals surface area contributed by atoms with E-state index in [9.17, 15) is 9.50 Å². The van der Waals surface area contributed by atoms with Crippen LogP contribution in [-0.2, 0) is 0 Å². The van der Waals surface area contributed by atoms with Crippen LogP contribution < -0.4 is 5.73 Å². The van der Waals surface area contributed by atoms with Gasteiger partial charge >= 0.3 is 0 Å². The molecule has 1 rings (SSSR count). The van der Waals surface area contributed by atoms with Crippen molar-refractivity contribution in [3.8, 4) is 5.75 Å². The third-order valence-electron chi connectivity index (χ3n) is 1.61. The molecular formula is C8H8Cl2FNO. The lowest BCUT2D eigenvalue weighted by atomic mass is 10.1. The van der Waals surface area contributed by atoms with Crippen LogP contribution in [0.2, 0.25) is 10.0 Å². The van der Waals surface area contributed by atoms with Gasteiger partial charge in [0.2, 0.25) is 0 Å². The van der Waals surface area contributed by atoms with Gasteiger partial charge in [-0.1, -0.05) is 23.2 Å². The van der Waals surface area contributed by atoms with Crippen molar-refractivity contribution in [3.63, 3.8) is 0 Å². The first-order chi connectivity index (χ1) is 6.06. The molecule has 13 heavy (non-hydrogen) atoms. The number of hydrogen-bond donors (Lipinski definition) is 2. The van der Waals surface area contributed by atoms with Gasteiger partial charge in [-0.15, -0.1) is 0 Å². The van der Waals surface area contributed by atoms with Crippen LogP contribution in [0.3, 0.4) is 0 Å². The van der Waals surface area contributed by atoms with E-state index in [2.05, 4.69) is 0 Å². The fourth-order valence-corrected chi connectivity index (χ4v) is 1.64. The smallest absolute Gasteiger partial charge is 0.123 e. The lowest BCUT2D eigenvalue weighted by molar-refractivity contribution is 0.414. The Morgan fingerprint density at radius 3 is 2.54 bits per heavy atom. The summed E-state index contributed by atoms with van der Waals surface area (Å²) in [5.74, 6) is -0.178. The highest BCUT2D eigenvalue weighted by Crippen LogP contribution is 2.33. The van der Waals surface area contributed by atoms with Gasteiger partial charge in [0, 0.05) is 10.6 Å². The monoisotopic (exact) mass is 223 g/mol. The first-order valence-corrected chi connectivity index (χ1v) is 4.31. The Bertz CT molecular complexity index is 296. The number of nitrogens with two attached hydrogens (primary N) is 1. The zero-order valence-electron chi connectivity index (χ0n) is 6.60. The van der Waals surface area contributed by atoms with Gasteiger partial charge in [-0.3, -0.25) is 0 Å². The summed E-state index contributed by atoms with van der Waals surface area (Å²) < 4.78 is 12.2. The largest absolute Gasteiger partial charge is 0.507 e. The van der Waals surface area contributed by atoms with Crippen molar-refractivity contribution < 1.29 is 9.50 Å². The van der Waals surface area contributed by atoms with Crippen LogP contribution in [-0.4, -0.2) is 11.8 Å². The molecule has 1 aromatic carbocycles. The van der Waals surface area contributed by atoms with Crippen LogP contribution in [0, 0.1) is 0 Å². The number of rotatable bonds is 2. The highest BCUT2D eigenvalue weighted by Gasteiger charge is 2.15. The molecule has 0 fully saturated rings. The molecule has 72 valence electrons. The van der Waals surface area contributed by atoms with Gasteiger partial charge in [-0.25, -0.2) is 4.39 Å². The standard InChI is InChI=1S/C8H8Cl2FNO/c9-4-1-5(10)8(6(12)3-11)7(13)2-4/h1-2,6,13H,3,12H2. The van der Waals surface area contributed by atoms with Crippen LogP contribution in [0.15, 0.2) is 12.1 Å². The van der Waals surface area contributed by atoms with Gasteiger partial charge in [0.25, 0.3) is 0 Å². The van der Waals surface area contributed by atoms with Gasteiger partial charge in [-0.2, -0.15) is 0 Å². The maximum absolute atomic E-state index is 12.2. The van der Waals surface area contributed by atoms with Crippen LogP contribution >= 0.6 is 23.2 Å². The van der Waals surface area contributed by atoms with E-state index in [0.29, 0.717) is 0 Å². The molecule has 0 heterocycles. The van der Waals surface area contributed by atoms with Gasteiger partial charge in [0.15, 0.2) is 0 Å². The first-order valence-electron chi connectivity index (χ1n) is 3.55. The Hall–Kier alpha value is -0.510. The molecule has 1 atom stereocenters. The van der Waals surface area contributed by atoms with Crippen molar-refractivity contribution in [2.45, 2.75) is 6.04 Å². The molecule has 2 nitrogen and oxygen atoms in total. The molecule has 0 spiro atoms. The summed E-state index contributed by atoms with van der Waals surface area (Å²) >= 11 is 11.3. The number of hydrogen-bond acceptors (Lipinski definition) is 2. The zero-order chi connectivity index (χ0) is 10.0. The van der Waals surface area contributed by atoms with E-state index in [0.717, 1.165) is 0 Å². The van der Waals surface area contributed by atoms with Crippen molar-refractivity contribution in [1.82, 2.24) is 0 Å². The molecule has 0 saturated heterocycles. The molecular weight excluding hydrogens is 216 g/mol. The van der Waals surface area contributed by atoms with E-state index in [1.54, 1.807) is 0 Å². The minimum atomic E-state index is -0.912. The fraction of sp³-hybridized carbons (Fsp3) is 0.250. The Morgan fingerprint density at radius 1 is 1.46 bits per heavy atom. The average molecular weight is 224 g/mol. The van der Waals surface area contributed by atoms with E-state index in [4.69, 9.17) is 28.9 Å². The molecule has 0 amide bonds. The SMILES string of the molecule is NC(CF)c1c(O)cc(Cl)cc1Cl. The topological polar surface area (TPSA) is 46.2 Å². The molecule has 0 radical (unpaired) electrons. The molecule has 1 aromatic rings. The molecule has 1 unspecified atom stereocenters. The summed E-state index contributed by atoms with van der Waals surface area (Å²) in [7, 11) is 0. The lowest BCUT2D eigenvalue weighted by Gasteiger charge is -2.11.